The van der Waals surface area contributed by atoms with Crippen LogP contribution in [0, 0.1) is 0 Å². The Morgan fingerprint density at radius 1 is 1.09 bits per heavy atom. The third-order valence-corrected chi connectivity index (χ3v) is 3.51. The molecular weight excluding hydrogens is 290 g/mol. The predicted molar refractivity (Wildman–Crippen MR) is 92.5 cm³/mol. The average molecular weight is 313 g/mol. The molecule has 0 aliphatic carbocycles. The van der Waals surface area contributed by atoms with Gasteiger partial charge in [0.05, 0.1) is 13.0 Å². The Labute approximate surface area is 137 Å². The molecule has 0 atom stereocenters. The molecule has 2 N–H and O–H groups in total. The lowest BCUT2D eigenvalue weighted by Crippen LogP contribution is -2.03. The van der Waals surface area contributed by atoms with Gasteiger partial charge >= 0.3 is 5.97 Å². The summed E-state index contributed by atoms with van der Waals surface area (Å²) in [5, 5.41) is 12.2. The number of aliphatic carboxylic acids is 1. The molecule has 0 spiro atoms. The molecule has 2 rings (SSSR count). The lowest BCUT2D eigenvalue weighted by atomic mass is 10.1. The molecule has 0 fully saturated rings. The van der Waals surface area contributed by atoms with Crippen molar-refractivity contribution in [3.8, 4) is 5.75 Å². The van der Waals surface area contributed by atoms with Gasteiger partial charge in [0, 0.05) is 11.4 Å². The van der Waals surface area contributed by atoms with Crippen LogP contribution in [0.4, 0.5) is 11.4 Å². The van der Waals surface area contributed by atoms with Gasteiger partial charge in [-0.05, 0) is 42.3 Å². The Bertz CT molecular complexity index is 623. The predicted octanol–water partition coefficient (Wildman–Crippen LogP) is 4.63. The van der Waals surface area contributed by atoms with Crippen molar-refractivity contribution < 1.29 is 14.6 Å². The van der Waals surface area contributed by atoms with Gasteiger partial charge in [-0.25, -0.2) is 0 Å². The second-order valence-corrected chi connectivity index (χ2v) is 5.43. The molecule has 4 heteroatoms. The van der Waals surface area contributed by atoms with Crippen LogP contribution in [0.3, 0.4) is 0 Å². The van der Waals surface area contributed by atoms with Crippen molar-refractivity contribution in [3.05, 3.63) is 54.1 Å². The standard InChI is InChI=1S/C19H23NO3/c1-2-3-6-13-23-17-11-9-16(10-12-17)20-18-8-5-4-7-15(18)14-19(21)22/h4-5,7-12,20H,2-3,6,13-14H2,1H3,(H,21,22). The van der Waals surface area contributed by atoms with E-state index in [1.165, 1.54) is 12.8 Å². The highest BCUT2D eigenvalue weighted by Crippen LogP contribution is 2.23. The van der Waals surface area contributed by atoms with Gasteiger partial charge in [0.15, 0.2) is 0 Å². The number of ether oxygens (including phenoxy) is 1. The summed E-state index contributed by atoms with van der Waals surface area (Å²) in [7, 11) is 0. The van der Waals surface area contributed by atoms with Gasteiger partial charge in [-0.1, -0.05) is 38.0 Å². The van der Waals surface area contributed by atoms with Crippen LogP contribution in [0.15, 0.2) is 48.5 Å². The molecule has 2 aromatic carbocycles. The van der Waals surface area contributed by atoms with Crippen molar-refractivity contribution in [2.75, 3.05) is 11.9 Å². The van der Waals surface area contributed by atoms with E-state index in [9.17, 15) is 4.79 Å². The molecule has 2 aromatic rings. The van der Waals surface area contributed by atoms with E-state index in [1.807, 2.05) is 48.5 Å². The smallest absolute Gasteiger partial charge is 0.307 e. The Morgan fingerprint density at radius 3 is 2.52 bits per heavy atom. The van der Waals surface area contributed by atoms with Gasteiger partial charge in [-0.2, -0.15) is 0 Å². The number of rotatable bonds is 9. The van der Waals surface area contributed by atoms with E-state index in [0.29, 0.717) is 0 Å². The first kappa shape index (κ1) is 16.9. The van der Waals surface area contributed by atoms with Crippen LogP contribution in [0.5, 0.6) is 5.75 Å². The number of hydrogen-bond acceptors (Lipinski definition) is 3. The highest BCUT2D eigenvalue weighted by atomic mass is 16.5. The minimum absolute atomic E-state index is 0.00178. The lowest BCUT2D eigenvalue weighted by molar-refractivity contribution is -0.136. The number of para-hydroxylation sites is 1. The van der Waals surface area contributed by atoms with Crippen LogP contribution < -0.4 is 10.1 Å². The van der Waals surface area contributed by atoms with Crippen molar-refractivity contribution in [2.45, 2.75) is 32.6 Å². The number of benzene rings is 2. The van der Waals surface area contributed by atoms with Gasteiger partial charge in [0.1, 0.15) is 5.75 Å². The van der Waals surface area contributed by atoms with Crippen molar-refractivity contribution in [1.82, 2.24) is 0 Å². The fourth-order valence-electron chi connectivity index (χ4n) is 2.29. The summed E-state index contributed by atoms with van der Waals surface area (Å²) in [5.74, 6) is 0.0144. The first-order valence-corrected chi connectivity index (χ1v) is 7.98. The Morgan fingerprint density at radius 2 is 1.83 bits per heavy atom. The summed E-state index contributed by atoms with van der Waals surface area (Å²) in [6, 6.07) is 15.2. The van der Waals surface area contributed by atoms with Crippen LogP contribution >= 0.6 is 0 Å². The molecular formula is C19H23NO3. The van der Waals surface area contributed by atoms with E-state index in [2.05, 4.69) is 12.2 Å². The van der Waals surface area contributed by atoms with Gasteiger partial charge in [0.25, 0.3) is 0 Å². The number of anilines is 2. The maximum absolute atomic E-state index is 10.9. The van der Waals surface area contributed by atoms with Crippen LogP contribution in [-0.2, 0) is 11.2 Å². The van der Waals surface area contributed by atoms with E-state index < -0.39 is 5.97 Å². The van der Waals surface area contributed by atoms with Gasteiger partial charge in [-0.15, -0.1) is 0 Å². The van der Waals surface area contributed by atoms with E-state index in [4.69, 9.17) is 9.84 Å². The molecule has 0 saturated carbocycles. The van der Waals surface area contributed by atoms with Crippen LogP contribution in [0.25, 0.3) is 0 Å². The maximum atomic E-state index is 10.9. The number of hydrogen-bond donors (Lipinski definition) is 2. The zero-order valence-electron chi connectivity index (χ0n) is 13.4. The van der Waals surface area contributed by atoms with E-state index in [-0.39, 0.29) is 6.42 Å². The van der Waals surface area contributed by atoms with Crippen LogP contribution in [0.1, 0.15) is 31.7 Å². The number of carboxylic acids is 1. The van der Waals surface area contributed by atoms with Crippen molar-refractivity contribution in [2.24, 2.45) is 0 Å². The van der Waals surface area contributed by atoms with E-state index in [0.717, 1.165) is 35.7 Å². The second-order valence-electron chi connectivity index (χ2n) is 5.43. The quantitative estimate of drug-likeness (QED) is 0.663. The minimum atomic E-state index is -0.838. The molecule has 4 nitrogen and oxygen atoms in total. The van der Waals surface area contributed by atoms with E-state index in [1.54, 1.807) is 0 Å². The molecule has 0 saturated heterocycles. The van der Waals surface area contributed by atoms with Crippen molar-refractivity contribution in [1.29, 1.82) is 0 Å². The summed E-state index contributed by atoms with van der Waals surface area (Å²) in [4.78, 5) is 10.9. The highest BCUT2D eigenvalue weighted by Gasteiger charge is 2.06. The summed E-state index contributed by atoms with van der Waals surface area (Å²) in [5.41, 5.74) is 2.48. The fraction of sp³-hybridized carbons (Fsp3) is 0.316. The summed E-state index contributed by atoms with van der Waals surface area (Å²) < 4.78 is 5.68. The molecule has 0 unspecified atom stereocenters. The van der Waals surface area contributed by atoms with Crippen molar-refractivity contribution >= 4 is 17.3 Å². The number of carboxylic acid groups (broad SMARTS) is 1. The van der Waals surface area contributed by atoms with Crippen LogP contribution in [0.2, 0.25) is 0 Å². The molecule has 0 heterocycles. The first-order chi connectivity index (χ1) is 11.2. The van der Waals surface area contributed by atoms with E-state index >= 15 is 0 Å². The SMILES string of the molecule is CCCCCOc1ccc(Nc2ccccc2CC(=O)O)cc1. The monoisotopic (exact) mass is 313 g/mol. The zero-order valence-corrected chi connectivity index (χ0v) is 13.4. The topological polar surface area (TPSA) is 58.6 Å². The normalized spacial score (nSPS) is 10.3. The first-order valence-electron chi connectivity index (χ1n) is 7.98. The zero-order chi connectivity index (χ0) is 16.5. The molecule has 0 aliphatic heterocycles. The molecule has 23 heavy (non-hydrogen) atoms. The Hall–Kier alpha value is -2.49. The molecule has 0 amide bonds. The molecule has 122 valence electrons. The Balaban J connectivity index is 1.97. The van der Waals surface area contributed by atoms with Crippen LogP contribution in [-0.4, -0.2) is 17.7 Å². The fourth-order valence-corrected chi connectivity index (χ4v) is 2.29. The molecule has 0 aliphatic rings. The summed E-state index contributed by atoms with van der Waals surface area (Å²) >= 11 is 0. The van der Waals surface area contributed by atoms with Gasteiger partial charge in [-0.3, -0.25) is 4.79 Å². The van der Waals surface area contributed by atoms with Gasteiger partial charge in [0.2, 0.25) is 0 Å². The maximum Gasteiger partial charge on any atom is 0.307 e. The molecule has 0 radical (unpaired) electrons. The van der Waals surface area contributed by atoms with Crippen molar-refractivity contribution in [3.63, 3.8) is 0 Å². The third-order valence-electron chi connectivity index (χ3n) is 3.51. The molecule has 0 aromatic heterocycles. The number of carbonyl (C=O) groups is 1. The largest absolute Gasteiger partial charge is 0.494 e. The average Bonchev–Trinajstić information content (AvgIpc) is 2.54. The lowest BCUT2D eigenvalue weighted by Gasteiger charge is -2.12. The Kier molecular flexibility index (Phi) is 6.48. The number of unbranched alkanes of at least 4 members (excludes halogenated alkanes) is 2. The molecule has 0 bridgehead atoms. The minimum Gasteiger partial charge on any atom is -0.494 e. The summed E-state index contributed by atoms with van der Waals surface area (Å²) in [6.45, 7) is 2.91. The van der Waals surface area contributed by atoms with Gasteiger partial charge < -0.3 is 15.2 Å². The third kappa shape index (κ3) is 5.66. The second kappa shape index (κ2) is 8.83. The highest BCUT2D eigenvalue weighted by molar-refractivity contribution is 5.75. The summed E-state index contributed by atoms with van der Waals surface area (Å²) in [6.07, 6.45) is 3.43. The number of nitrogens with one attached hydrogen (secondary N) is 1.